The lowest BCUT2D eigenvalue weighted by Gasteiger charge is -2.14. The first-order chi connectivity index (χ1) is 10.6. The van der Waals surface area contributed by atoms with Crippen LogP contribution in [-0.4, -0.2) is 12.5 Å². The number of rotatable bonds is 4. The summed E-state index contributed by atoms with van der Waals surface area (Å²) in [5.74, 6) is 0.491. The van der Waals surface area contributed by atoms with Crippen molar-refractivity contribution in [2.24, 2.45) is 10.7 Å². The maximum Gasteiger partial charge on any atom is 0.193 e. The van der Waals surface area contributed by atoms with Crippen LogP contribution in [0.4, 0.5) is 5.69 Å². The summed E-state index contributed by atoms with van der Waals surface area (Å²) < 4.78 is 0. The van der Waals surface area contributed by atoms with Crippen LogP contribution < -0.4 is 11.1 Å². The number of nitrogens with two attached hydrogens (primary N) is 1. The summed E-state index contributed by atoms with van der Waals surface area (Å²) in [6.07, 6.45) is 2.38. The fourth-order valence-electron chi connectivity index (χ4n) is 2.72. The number of aliphatic imine (C=N–C) groups is 1. The molecule has 0 amide bonds. The summed E-state index contributed by atoms with van der Waals surface area (Å²) in [5.41, 5.74) is 11.1. The number of guanidine groups is 1. The van der Waals surface area contributed by atoms with Crippen molar-refractivity contribution in [1.29, 1.82) is 0 Å². The zero-order valence-corrected chi connectivity index (χ0v) is 13.3. The van der Waals surface area contributed by atoms with Crippen molar-refractivity contribution < 1.29 is 0 Å². The van der Waals surface area contributed by atoms with Gasteiger partial charge in [-0.15, -0.1) is 0 Å². The zero-order valence-electron chi connectivity index (χ0n) is 13.3. The highest BCUT2D eigenvalue weighted by atomic mass is 15.1. The quantitative estimate of drug-likeness (QED) is 0.666. The minimum absolute atomic E-state index is 0.205. The molecule has 1 fully saturated rings. The van der Waals surface area contributed by atoms with Crippen LogP contribution in [0.2, 0.25) is 0 Å². The molecule has 0 aliphatic heterocycles. The summed E-state index contributed by atoms with van der Waals surface area (Å²) in [6.45, 7) is 4.95. The lowest BCUT2D eigenvalue weighted by atomic mass is 9.96. The van der Waals surface area contributed by atoms with Gasteiger partial charge >= 0.3 is 0 Å². The van der Waals surface area contributed by atoms with Crippen molar-refractivity contribution >= 4 is 11.6 Å². The van der Waals surface area contributed by atoms with Crippen LogP contribution in [0.3, 0.4) is 0 Å². The fourth-order valence-corrected chi connectivity index (χ4v) is 2.72. The molecule has 0 heterocycles. The molecule has 2 aromatic carbocycles. The van der Waals surface area contributed by atoms with Crippen LogP contribution in [0, 0.1) is 13.8 Å². The molecule has 0 bridgehead atoms. The Kier molecular flexibility index (Phi) is 3.88. The van der Waals surface area contributed by atoms with E-state index in [0.29, 0.717) is 5.96 Å². The SMILES string of the molecule is Cc1ccc(NC(N)=NCC2(c3ccccc3)CC2)cc1C. The number of hydrogen-bond donors (Lipinski definition) is 2. The van der Waals surface area contributed by atoms with Crippen LogP contribution >= 0.6 is 0 Å². The molecule has 0 spiro atoms. The average molecular weight is 293 g/mol. The Morgan fingerprint density at radius 3 is 2.45 bits per heavy atom. The molecule has 114 valence electrons. The third-order valence-electron chi connectivity index (χ3n) is 4.57. The molecule has 1 aliphatic carbocycles. The molecule has 1 saturated carbocycles. The van der Waals surface area contributed by atoms with E-state index in [1.165, 1.54) is 29.5 Å². The van der Waals surface area contributed by atoms with Crippen LogP contribution in [0.15, 0.2) is 53.5 Å². The van der Waals surface area contributed by atoms with E-state index in [1.807, 2.05) is 6.07 Å². The number of benzene rings is 2. The summed E-state index contributed by atoms with van der Waals surface area (Å²) in [5, 5.41) is 3.19. The van der Waals surface area contributed by atoms with E-state index >= 15 is 0 Å². The number of nitrogens with zero attached hydrogens (tertiary/aromatic N) is 1. The molecule has 3 rings (SSSR count). The second kappa shape index (κ2) is 5.84. The molecule has 3 nitrogen and oxygen atoms in total. The first-order valence-electron chi connectivity index (χ1n) is 7.79. The third-order valence-corrected chi connectivity index (χ3v) is 4.57. The zero-order chi connectivity index (χ0) is 15.6. The second-order valence-electron chi connectivity index (χ2n) is 6.27. The highest BCUT2D eigenvalue weighted by Gasteiger charge is 2.43. The van der Waals surface area contributed by atoms with E-state index in [0.717, 1.165) is 12.2 Å². The largest absolute Gasteiger partial charge is 0.370 e. The maximum atomic E-state index is 6.05. The van der Waals surface area contributed by atoms with Gasteiger partial charge in [0.15, 0.2) is 5.96 Å². The molecule has 0 aromatic heterocycles. The Morgan fingerprint density at radius 2 is 1.82 bits per heavy atom. The lowest BCUT2D eigenvalue weighted by Crippen LogP contribution is -2.25. The monoisotopic (exact) mass is 293 g/mol. The average Bonchev–Trinajstić information content (AvgIpc) is 3.31. The van der Waals surface area contributed by atoms with Crippen molar-refractivity contribution in [3.63, 3.8) is 0 Å². The molecular weight excluding hydrogens is 270 g/mol. The van der Waals surface area contributed by atoms with Gasteiger partial charge in [-0.05, 0) is 55.5 Å². The molecular formula is C19H23N3. The van der Waals surface area contributed by atoms with Crippen molar-refractivity contribution in [1.82, 2.24) is 0 Å². The van der Waals surface area contributed by atoms with Gasteiger partial charge in [-0.3, -0.25) is 4.99 Å². The Bertz CT molecular complexity index is 685. The minimum Gasteiger partial charge on any atom is -0.370 e. The Hall–Kier alpha value is -2.29. The van der Waals surface area contributed by atoms with E-state index in [4.69, 9.17) is 5.73 Å². The van der Waals surface area contributed by atoms with E-state index < -0.39 is 0 Å². The number of anilines is 1. The van der Waals surface area contributed by atoms with E-state index in [9.17, 15) is 0 Å². The van der Waals surface area contributed by atoms with Crippen LogP contribution in [-0.2, 0) is 5.41 Å². The van der Waals surface area contributed by atoms with Gasteiger partial charge in [0.2, 0.25) is 0 Å². The summed E-state index contributed by atoms with van der Waals surface area (Å²) in [7, 11) is 0. The molecule has 0 radical (unpaired) electrons. The number of aryl methyl sites for hydroxylation is 2. The first-order valence-corrected chi connectivity index (χ1v) is 7.79. The molecule has 3 N–H and O–H groups in total. The van der Waals surface area contributed by atoms with Crippen LogP contribution in [0.25, 0.3) is 0 Å². The number of nitrogens with one attached hydrogen (secondary N) is 1. The first kappa shape index (κ1) is 14.6. The molecule has 0 atom stereocenters. The summed E-state index contributed by atoms with van der Waals surface area (Å²) >= 11 is 0. The fraction of sp³-hybridized carbons (Fsp3) is 0.316. The van der Waals surface area contributed by atoms with Gasteiger partial charge in [-0.25, -0.2) is 0 Å². The van der Waals surface area contributed by atoms with Gasteiger partial charge in [-0.1, -0.05) is 36.4 Å². The molecule has 0 unspecified atom stereocenters. The van der Waals surface area contributed by atoms with Crippen molar-refractivity contribution in [2.45, 2.75) is 32.1 Å². The molecule has 22 heavy (non-hydrogen) atoms. The summed E-state index contributed by atoms with van der Waals surface area (Å²) in [4.78, 5) is 4.57. The van der Waals surface area contributed by atoms with Crippen molar-refractivity contribution in [3.8, 4) is 0 Å². The highest BCUT2D eigenvalue weighted by Crippen LogP contribution is 2.48. The predicted molar refractivity (Wildman–Crippen MR) is 93.4 cm³/mol. The standard InChI is InChI=1S/C19H23N3/c1-14-8-9-17(12-15(14)2)22-18(20)21-13-19(10-11-19)16-6-4-3-5-7-16/h3-9,12H,10-11,13H2,1-2H3,(H3,20,21,22). The van der Waals surface area contributed by atoms with E-state index in [-0.39, 0.29) is 5.41 Å². The van der Waals surface area contributed by atoms with E-state index in [1.54, 1.807) is 0 Å². The topological polar surface area (TPSA) is 50.4 Å². The van der Waals surface area contributed by atoms with Crippen molar-refractivity contribution in [3.05, 3.63) is 65.2 Å². The van der Waals surface area contributed by atoms with Gasteiger partial charge < -0.3 is 11.1 Å². The molecule has 3 heteroatoms. The summed E-state index contributed by atoms with van der Waals surface area (Å²) in [6, 6.07) is 16.9. The van der Waals surface area contributed by atoms with Gasteiger partial charge in [0.25, 0.3) is 0 Å². The second-order valence-corrected chi connectivity index (χ2v) is 6.27. The third kappa shape index (κ3) is 3.14. The van der Waals surface area contributed by atoms with Gasteiger partial charge in [0, 0.05) is 11.1 Å². The molecule has 1 aliphatic rings. The Balaban J connectivity index is 1.66. The van der Waals surface area contributed by atoms with Gasteiger partial charge in [0.1, 0.15) is 0 Å². The smallest absolute Gasteiger partial charge is 0.193 e. The van der Waals surface area contributed by atoms with Gasteiger partial charge in [-0.2, -0.15) is 0 Å². The minimum atomic E-state index is 0.205. The van der Waals surface area contributed by atoms with Gasteiger partial charge in [0.05, 0.1) is 6.54 Å². The highest BCUT2D eigenvalue weighted by molar-refractivity contribution is 5.92. The number of hydrogen-bond acceptors (Lipinski definition) is 1. The van der Waals surface area contributed by atoms with Crippen LogP contribution in [0.5, 0.6) is 0 Å². The van der Waals surface area contributed by atoms with Crippen LogP contribution in [0.1, 0.15) is 29.5 Å². The van der Waals surface area contributed by atoms with Crippen molar-refractivity contribution in [2.75, 3.05) is 11.9 Å². The lowest BCUT2D eigenvalue weighted by molar-refractivity contribution is 0.705. The molecule has 2 aromatic rings. The molecule has 0 saturated heterocycles. The normalized spacial score (nSPS) is 16.4. The Labute approximate surface area is 132 Å². The Morgan fingerprint density at radius 1 is 1.09 bits per heavy atom. The predicted octanol–water partition coefficient (Wildman–Crippen LogP) is 3.76. The van der Waals surface area contributed by atoms with E-state index in [2.05, 4.69) is 66.6 Å². The maximum absolute atomic E-state index is 6.05.